The number of thioether (sulfide) groups is 1. The van der Waals surface area contributed by atoms with E-state index in [4.69, 9.17) is 4.42 Å². The Bertz CT molecular complexity index is 905. The molecule has 0 unspecified atom stereocenters. The van der Waals surface area contributed by atoms with Crippen molar-refractivity contribution in [3.05, 3.63) is 66.4 Å². The van der Waals surface area contributed by atoms with Gasteiger partial charge in [0, 0.05) is 0 Å². The van der Waals surface area contributed by atoms with Gasteiger partial charge in [-0.1, -0.05) is 47.3 Å². The van der Waals surface area contributed by atoms with E-state index in [1.54, 1.807) is 29.0 Å². The van der Waals surface area contributed by atoms with Crippen LogP contribution in [-0.2, 0) is 12.3 Å². The first-order chi connectivity index (χ1) is 11.4. The number of hydrogen-bond donors (Lipinski definition) is 0. The standard InChI is InChI=1S/C16H13N5OS/c1-2-5-12(6-3-1)9-21-15-14(19-20-21)16(18-11-17-15)23-10-13-7-4-8-22-13/h1-8,11H,9-10H2. The lowest BCUT2D eigenvalue weighted by Gasteiger charge is -2.02. The van der Waals surface area contributed by atoms with Crippen molar-refractivity contribution in [3.8, 4) is 0 Å². The van der Waals surface area contributed by atoms with Crippen LogP contribution in [0, 0.1) is 0 Å². The fourth-order valence-corrected chi connectivity index (χ4v) is 3.11. The predicted octanol–water partition coefficient (Wildman–Crippen LogP) is 3.15. The van der Waals surface area contributed by atoms with Crippen molar-refractivity contribution in [2.45, 2.75) is 17.3 Å². The molecule has 7 heteroatoms. The van der Waals surface area contributed by atoms with Crippen molar-refractivity contribution in [2.75, 3.05) is 0 Å². The van der Waals surface area contributed by atoms with Crippen molar-refractivity contribution in [3.63, 3.8) is 0 Å². The highest BCUT2D eigenvalue weighted by atomic mass is 32.2. The lowest BCUT2D eigenvalue weighted by Crippen LogP contribution is -2.02. The molecule has 3 heterocycles. The molecule has 0 aliphatic carbocycles. The number of hydrogen-bond acceptors (Lipinski definition) is 6. The number of nitrogens with zero attached hydrogens (tertiary/aromatic N) is 5. The third-order valence-electron chi connectivity index (χ3n) is 3.37. The van der Waals surface area contributed by atoms with Crippen LogP contribution in [0.2, 0.25) is 0 Å². The highest BCUT2D eigenvalue weighted by molar-refractivity contribution is 7.98. The summed E-state index contributed by atoms with van der Waals surface area (Å²) in [5.41, 5.74) is 2.62. The first-order valence-corrected chi connectivity index (χ1v) is 8.12. The van der Waals surface area contributed by atoms with E-state index in [1.807, 2.05) is 30.3 Å². The van der Waals surface area contributed by atoms with Crippen LogP contribution in [0.4, 0.5) is 0 Å². The van der Waals surface area contributed by atoms with Gasteiger partial charge in [-0.05, 0) is 17.7 Å². The van der Waals surface area contributed by atoms with Crippen molar-refractivity contribution in [2.24, 2.45) is 0 Å². The Kier molecular flexibility index (Phi) is 3.77. The Labute approximate surface area is 136 Å². The largest absolute Gasteiger partial charge is 0.468 e. The molecule has 0 spiro atoms. The number of aromatic nitrogens is 5. The van der Waals surface area contributed by atoms with Crippen LogP contribution in [0.3, 0.4) is 0 Å². The van der Waals surface area contributed by atoms with Gasteiger partial charge in [-0.3, -0.25) is 0 Å². The molecule has 4 aromatic rings. The maximum absolute atomic E-state index is 5.35. The Morgan fingerprint density at radius 1 is 1.04 bits per heavy atom. The monoisotopic (exact) mass is 323 g/mol. The molecule has 0 bridgehead atoms. The summed E-state index contributed by atoms with van der Waals surface area (Å²) in [6.45, 7) is 0.636. The molecule has 3 aromatic heterocycles. The van der Waals surface area contributed by atoms with Gasteiger partial charge < -0.3 is 4.42 Å². The van der Waals surface area contributed by atoms with E-state index in [0.717, 1.165) is 27.5 Å². The minimum Gasteiger partial charge on any atom is -0.468 e. The third kappa shape index (κ3) is 2.95. The molecule has 0 fully saturated rings. The molecule has 0 atom stereocenters. The smallest absolute Gasteiger partial charge is 0.183 e. The molecule has 4 rings (SSSR count). The molecule has 0 aliphatic rings. The van der Waals surface area contributed by atoms with Crippen LogP contribution < -0.4 is 0 Å². The van der Waals surface area contributed by atoms with Gasteiger partial charge >= 0.3 is 0 Å². The van der Waals surface area contributed by atoms with E-state index in [0.29, 0.717) is 12.3 Å². The van der Waals surface area contributed by atoms with Gasteiger partial charge in [0.25, 0.3) is 0 Å². The SMILES string of the molecule is c1ccc(Cn2nnc3c(SCc4ccco4)ncnc32)cc1. The van der Waals surface area contributed by atoms with Crippen LogP contribution in [-0.4, -0.2) is 25.0 Å². The Morgan fingerprint density at radius 3 is 2.78 bits per heavy atom. The topological polar surface area (TPSA) is 69.6 Å². The van der Waals surface area contributed by atoms with Gasteiger partial charge in [0.05, 0.1) is 18.6 Å². The van der Waals surface area contributed by atoms with Gasteiger partial charge in [0.1, 0.15) is 17.1 Å². The summed E-state index contributed by atoms with van der Waals surface area (Å²) in [7, 11) is 0. The van der Waals surface area contributed by atoms with E-state index in [-0.39, 0.29) is 0 Å². The molecular formula is C16H13N5OS. The van der Waals surface area contributed by atoms with E-state index >= 15 is 0 Å². The zero-order valence-corrected chi connectivity index (χ0v) is 13.0. The second kappa shape index (κ2) is 6.21. The minimum atomic E-state index is 0.636. The molecule has 0 aliphatic heterocycles. The van der Waals surface area contributed by atoms with Crippen molar-refractivity contribution in [1.29, 1.82) is 0 Å². The maximum Gasteiger partial charge on any atom is 0.183 e. The molecule has 0 amide bonds. The van der Waals surface area contributed by atoms with Crippen LogP contribution in [0.25, 0.3) is 11.2 Å². The van der Waals surface area contributed by atoms with Gasteiger partial charge in [-0.2, -0.15) is 0 Å². The van der Waals surface area contributed by atoms with Crippen molar-refractivity contribution < 1.29 is 4.42 Å². The van der Waals surface area contributed by atoms with Crippen molar-refractivity contribution >= 4 is 22.9 Å². The lowest BCUT2D eigenvalue weighted by atomic mass is 10.2. The summed E-state index contributed by atoms with van der Waals surface area (Å²) in [6, 6.07) is 13.9. The van der Waals surface area contributed by atoms with Crippen LogP contribution >= 0.6 is 11.8 Å². The average Bonchev–Trinajstić information content (AvgIpc) is 3.24. The summed E-state index contributed by atoms with van der Waals surface area (Å²) in [4.78, 5) is 8.65. The minimum absolute atomic E-state index is 0.636. The fourth-order valence-electron chi connectivity index (χ4n) is 2.27. The van der Waals surface area contributed by atoms with Gasteiger partial charge in [0.15, 0.2) is 11.2 Å². The van der Waals surface area contributed by atoms with E-state index in [2.05, 4.69) is 32.4 Å². The number of furan rings is 1. The van der Waals surface area contributed by atoms with Crippen LogP contribution in [0.15, 0.2) is 64.5 Å². The summed E-state index contributed by atoms with van der Waals surface area (Å²) in [6.07, 6.45) is 3.22. The molecule has 0 saturated carbocycles. The Balaban J connectivity index is 1.61. The summed E-state index contributed by atoms with van der Waals surface area (Å²) < 4.78 is 7.14. The van der Waals surface area contributed by atoms with Gasteiger partial charge in [-0.15, -0.1) is 5.10 Å². The lowest BCUT2D eigenvalue weighted by molar-refractivity contribution is 0.530. The molecule has 0 radical (unpaired) electrons. The summed E-state index contributed by atoms with van der Waals surface area (Å²) in [5, 5.41) is 9.29. The zero-order valence-electron chi connectivity index (χ0n) is 12.2. The summed E-state index contributed by atoms with van der Waals surface area (Å²) >= 11 is 1.57. The van der Waals surface area contributed by atoms with Crippen molar-refractivity contribution in [1.82, 2.24) is 25.0 Å². The number of rotatable bonds is 5. The highest BCUT2D eigenvalue weighted by Gasteiger charge is 2.13. The predicted molar refractivity (Wildman–Crippen MR) is 86.9 cm³/mol. The second-order valence-corrected chi connectivity index (χ2v) is 5.92. The molecule has 0 N–H and O–H groups in total. The quantitative estimate of drug-likeness (QED) is 0.415. The Morgan fingerprint density at radius 2 is 1.96 bits per heavy atom. The first kappa shape index (κ1) is 14.0. The van der Waals surface area contributed by atoms with E-state index in [1.165, 1.54) is 0 Å². The zero-order chi connectivity index (χ0) is 15.5. The van der Waals surface area contributed by atoms with Gasteiger partial charge in [0.2, 0.25) is 0 Å². The average molecular weight is 323 g/mol. The number of fused-ring (bicyclic) bond motifs is 1. The molecule has 6 nitrogen and oxygen atoms in total. The van der Waals surface area contributed by atoms with E-state index < -0.39 is 0 Å². The molecule has 23 heavy (non-hydrogen) atoms. The second-order valence-electron chi connectivity index (χ2n) is 4.95. The molecular weight excluding hydrogens is 310 g/mol. The third-order valence-corrected chi connectivity index (χ3v) is 4.37. The normalized spacial score (nSPS) is 11.1. The molecule has 0 saturated heterocycles. The molecule has 1 aromatic carbocycles. The number of benzene rings is 1. The highest BCUT2D eigenvalue weighted by Crippen LogP contribution is 2.26. The maximum atomic E-state index is 5.35. The fraction of sp³-hybridized carbons (Fsp3) is 0.125. The summed E-state index contributed by atoms with van der Waals surface area (Å²) in [5.74, 6) is 1.60. The first-order valence-electron chi connectivity index (χ1n) is 7.13. The Hall–Kier alpha value is -2.67. The van der Waals surface area contributed by atoms with Gasteiger partial charge in [-0.25, -0.2) is 14.6 Å². The molecule has 114 valence electrons. The van der Waals surface area contributed by atoms with E-state index in [9.17, 15) is 0 Å². The van der Waals surface area contributed by atoms with Crippen LogP contribution in [0.1, 0.15) is 11.3 Å². The van der Waals surface area contributed by atoms with Crippen LogP contribution in [0.5, 0.6) is 0 Å².